The molecule has 104 valence electrons. The molecule has 0 saturated carbocycles. The topological polar surface area (TPSA) is 71.5 Å². The summed E-state index contributed by atoms with van der Waals surface area (Å²) in [5.74, 6) is 0.494. The van der Waals surface area contributed by atoms with Gasteiger partial charge in [-0.2, -0.15) is 0 Å². The Hall–Kier alpha value is -1.40. The van der Waals surface area contributed by atoms with Crippen LogP contribution in [-0.4, -0.2) is 35.0 Å². The van der Waals surface area contributed by atoms with E-state index in [1.54, 1.807) is 6.07 Å². The molecule has 1 aromatic heterocycles. The minimum absolute atomic E-state index is 0.172. The van der Waals surface area contributed by atoms with Gasteiger partial charge < -0.3 is 9.73 Å². The molecule has 6 heteroatoms. The zero-order chi connectivity index (χ0) is 13.4. The molecule has 2 unspecified atom stereocenters. The van der Waals surface area contributed by atoms with E-state index in [-0.39, 0.29) is 5.88 Å². The van der Waals surface area contributed by atoms with E-state index in [4.69, 9.17) is 4.42 Å². The molecule has 0 aromatic carbocycles. The summed E-state index contributed by atoms with van der Waals surface area (Å²) in [6.45, 7) is 0.637. The molecule has 19 heavy (non-hydrogen) atoms. The molecule has 1 N–H and O–H groups in total. The van der Waals surface area contributed by atoms with Crippen LogP contribution in [-0.2, 0) is 6.54 Å². The number of hydrogen-bond acceptors (Lipinski definition) is 5. The van der Waals surface area contributed by atoms with E-state index in [0.717, 1.165) is 12.8 Å². The summed E-state index contributed by atoms with van der Waals surface area (Å²) in [6, 6.07) is 4.97. The van der Waals surface area contributed by atoms with Crippen molar-refractivity contribution in [3.63, 3.8) is 0 Å². The Bertz CT molecular complexity index is 461. The summed E-state index contributed by atoms with van der Waals surface area (Å²) < 4.78 is 5.22. The lowest BCUT2D eigenvalue weighted by molar-refractivity contribution is -0.402. The molecule has 2 atom stereocenters. The van der Waals surface area contributed by atoms with E-state index in [1.165, 1.54) is 18.9 Å². The monoisotopic (exact) mass is 265 g/mol. The first-order valence-corrected chi connectivity index (χ1v) is 6.81. The molecule has 2 aliphatic heterocycles. The first-order valence-electron chi connectivity index (χ1n) is 6.81. The lowest BCUT2D eigenvalue weighted by Crippen LogP contribution is -2.46. The average molecular weight is 265 g/mol. The third-order valence-electron chi connectivity index (χ3n) is 4.30. The second kappa shape index (κ2) is 4.94. The molecule has 0 radical (unpaired) electrons. The maximum atomic E-state index is 10.6. The second-order valence-electron chi connectivity index (χ2n) is 5.68. The van der Waals surface area contributed by atoms with Gasteiger partial charge in [0.25, 0.3) is 0 Å². The van der Waals surface area contributed by atoms with E-state index in [2.05, 4.69) is 17.3 Å². The van der Waals surface area contributed by atoms with E-state index in [1.807, 2.05) is 0 Å². The fourth-order valence-electron chi connectivity index (χ4n) is 3.31. The standard InChI is InChI=1S/C13H19N3O3/c1-15(8-12-4-5-13(19-12)16(17)18)11-6-9-2-3-10(7-11)14-9/h4-5,9-11,14H,2-3,6-8H2,1H3. The number of furan rings is 1. The van der Waals surface area contributed by atoms with Gasteiger partial charge in [0, 0.05) is 18.1 Å². The normalized spacial score (nSPS) is 29.9. The van der Waals surface area contributed by atoms with E-state index >= 15 is 0 Å². The van der Waals surface area contributed by atoms with Crippen LogP contribution in [0, 0.1) is 10.1 Å². The molecule has 1 aromatic rings. The highest BCUT2D eigenvalue weighted by Crippen LogP contribution is 2.30. The largest absolute Gasteiger partial charge is 0.433 e. The Morgan fingerprint density at radius 2 is 2.11 bits per heavy atom. The van der Waals surface area contributed by atoms with E-state index in [9.17, 15) is 10.1 Å². The third kappa shape index (κ3) is 2.64. The van der Waals surface area contributed by atoms with Crippen LogP contribution in [0.1, 0.15) is 31.4 Å². The lowest BCUT2D eigenvalue weighted by Gasteiger charge is -2.35. The number of nitrogens with zero attached hydrogens (tertiary/aromatic N) is 2. The first kappa shape index (κ1) is 12.6. The van der Waals surface area contributed by atoms with Gasteiger partial charge in [0.1, 0.15) is 10.7 Å². The van der Waals surface area contributed by atoms with Crippen LogP contribution in [0.3, 0.4) is 0 Å². The van der Waals surface area contributed by atoms with Gasteiger partial charge in [0.2, 0.25) is 0 Å². The molecular weight excluding hydrogens is 246 g/mol. The second-order valence-corrected chi connectivity index (χ2v) is 5.68. The van der Waals surface area contributed by atoms with Crippen LogP contribution in [0.5, 0.6) is 0 Å². The van der Waals surface area contributed by atoms with Gasteiger partial charge in [0.05, 0.1) is 12.6 Å². The zero-order valence-electron chi connectivity index (χ0n) is 11.0. The summed E-state index contributed by atoms with van der Waals surface area (Å²) in [5, 5.41) is 14.2. The van der Waals surface area contributed by atoms with Gasteiger partial charge in [0.15, 0.2) is 0 Å². The maximum absolute atomic E-state index is 10.6. The predicted octanol–water partition coefficient (Wildman–Crippen LogP) is 1.90. The number of rotatable bonds is 4. The lowest BCUT2D eigenvalue weighted by atomic mass is 9.98. The van der Waals surface area contributed by atoms with Crippen LogP contribution in [0.15, 0.2) is 16.5 Å². The third-order valence-corrected chi connectivity index (χ3v) is 4.30. The fraction of sp³-hybridized carbons (Fsp3) is 0.692. The van der Waals surface area contributed by atoms with Crippen LogP contribution < -0.4 is 5.32 Å². The van der Waals surface area contributed by atoms with Gasteiger partial charge >= 0.3 is 5.88 Å². The van der Waals surface area contributed by atoms with Gasteiger partial charge in [-0.15, -0.1) is 0 Å². The number of fused-ring (bicyclic) bond motifs is 2. The highest BCUT2D eigenvalue weighted by atomic mass is 16.6. The number of piperidine rings is 1. The van der Waals surface area contributed by atoms with Crippen molar-refractivity contribution in [2.24, 2.45) is 0 Å². The van der Waals surface area contributed by atoms with Gasteiger partial charge in [-0.25, -0.2) is 0 Å². The summed E-state index contributed by atoms with van der Waals surface area (Å²) >= 11 is 0. The molecule has 0 aliphatic carbocycles. The highest BCUT2D eigenvalue weighted by molar-refractivity contribution is 5.17. The van der Waals surface area contributed by atoms with E-state index < -0.39 is 4.92 Å². The quantitative estimate of drug-likeness (QED) is 0.665. The number of nitro groups is 1. The minimum atomic E-state index is -0.492. The van der Waals surface area contributed by atoms with Crippen LogP contribution in [0.25, 0.3) is 0 Å². The Morgan fingerprint density at radius 1 is 1.42 bits per heavy atom. The van der Waals surface area contributed by atoms with E-state index in [0.29, 0.717) is 30.4 Å². The summed E-state index contributed by atoms with van der Waals surface area (Å²) in [7, 11) is 2.07. The summed E-state index contributed by atoms with van der Waals surface area (Å²) in [6.07, 6.45) is 4.88. The Morgan fingerprint density at radius 3 is 2.68 bits per heavy atom. The Balaban J connectivity index is 1.61. The molecule has 2 saturated heterocycles. The van der Waals surface area contributed by atoms with Crippen molar-refractivity contribution in [2.75, 3.05) is 7.05 Å². The van der Waals surface area contributed by atoms with Gasteiger partial charge in [-0.1, -0.05) is 0 Å². The van der Waals surface area contributed by atoms with Crippen molar-refractivity contribution < 1.29 is 9.34 Å². The molecule has 2 fully saturated rings. The number of nitrogens with one attached hydrogen (secondary N) is 1. The highest BCUT2D eigenvalue weighted by Gasteiger charge is 2.35. The maximum Gasteiger partial charge on any atom is 0.433 e. The molecule has 0 spiro atoms. The molecule has 3 rings (SSSR count). The van der Waals surface area contributed by atoms with Gasteiger partial charge in [-0.3, -0.25) is 15.0 Å². The van der Waals surface area contributed by atoms with Crippen molar-refractivity contribution in [1.82, 2.24) is 10.2 Å². The summed E-state index contributed by atoms with van der Waals surface area (Å²) in [4.78, 5) is 12.4. The van der Waals surface area contributed by atoms with Crippen molar-refractivity contribution in [2.45, 2.75) is 50.4 Å². The smallest absolute Gasteiger partial charge is 0.404 e. The van der Waals surface area contributed by atoms with Gasteiger partial charge in [-0.05, 0) is 38.8 Å². The molecule has 2 bridgehead atoms. The van der Waals surface area contributed by atoms with Crippen LogP contribution in [0.2, 0.25) is 0 Å². The average Bonchev–Trinajstić information content (AvgIpc) is 2.96. The van der Waals surface area contributed by atoms with Crippen molar-refractivity contribution >= 4 is 5.88 Å². The SMILES string of the molecule is CN(Cc1ccc([N+](=O)[O-])o1)C1CC2CCC(C1)N2. The van der Waals surface area contributed by atoms with Crippen molar-refractivity contribution in [3.05, 3.63) is 28.0 Å². The Kier molecular flexibility index (Phi) is 3.28. The molecule has 2 aliphatic rings. The summed E-state index contributed by atoms with van der Waals surface area (Å²) in [5.41, 5.74) is 0. The number of hydrogen-bond donors (Lipinski definition) is 1. The molecular formula is C13H19N3O3. The molecule has 3 heterocycles. The molecule has 0 amide bonds. The fourth-order valence-corrected chi connectivity index (χ4v) is 3.31. The Labute approximate surface area is 111 Å². The zero-order valence-corrected chi connectivity index (χ0v) is 11.0. The van der Waals surface area contributed by atoms with Crippen LogP contribution in [0.4, 0.5) is 5.88 Å². The van der Waals surface area contributed by atoms with Crippen molar-refractivity contribution in [1.29, 1.82) is 0 Å². The minimum Gasteiger partial charge on any atom is -0.404 e. The van der Waals surface area contributed by atoms with Crippen LogP contribution >= 0.6 is 0 Å². The first-order chi connectivity index (χ1) is 9.11. The van der Waals surface area contributed by atoms with Crippen molar-refractivity contribution in [3.8, 4) is 0 Å². The predicted molar refractivity (Wildman–Crippen MR) is 69.8 cm³/mol. The molecule has 6 nitrogen and oxygen atoms in total.